The molecule has 0 amide bonds. The van der Waals surface area contributed by atoms with E-state index >= 15 is 0 Å². The summed E-state index contributed by atoms with van der Waals surface area (Å²) >= 11 is 0. The summed E-state index contributed by atoms with van der Waals surface area (Å²) in [6.07, 6.45) is 0. The maximum Gasteiger partial charge on any atom is 0.135 e. The van der Waals surface area contributed by atoms with Crippen molar-refractivity contribution in [2.75, 3.05) is 0 Å². The average molecular weight is 650 g/mol. The van der Waals surface area contributed by atoms with Gasteiger partial charge in [0, 0.05) is 27.2 Å². The third kappa shape index (κ3) is 3.93. The van der Waals surface area contributed by atoms with Crippen LogP contribution in [0, 0.1) is 0 Å². The van der Waals surface area contributed by atoms with E-state index in [-0.39, 0.29) is 0 Å². The van der Waals surface area contributed by atoms with Crippen molar-refractivity contribution in [3.8, 4) is 27.9 Å². The van der Waals surface area contributed by atoms with E-state index in [0.29, 0.717) is 0 Å². The number of benzene rings is 8. The summed E-state index contributed by atoms with van der Waals surface area (Å²) in [5.74, 6) is 0. The lowest BCUT2D eigenvalue weighted by Gasteiger charge is -2.33. The van der Waals surface area contributed by atoms with Crippen molar-refractivity contribution in [1.29, 1.82) is 0 Å². The van der Waals surface area contributed by atoms with Gasteiger partial charge in [-0.15, -0.1) is 0 Å². The van der Waals surface area contributed by atoms with Crippen LogP contribution in [0.25, 0.3) is 71.7 Å². The highest BCUT2D eigenvalue weighted by molar-refractivity contribution is 6.11. The highest BCUT2D eigenvalue weighted by Crippen LogP contribution is 2.56. The van der Waals surface area contributed by atoms with Crippen molar-refractivity contribution >= 4 is 43.7 Å². The summed E-state index contributed by atoms with van der Waals surface area (Å²) in [5, 5.41) is 4.77. The van der Waals surface area contributed by atoms with Gasteiger partial charge >= 0.3 is 0 Å². The third-order valence-electron chi connectivity index (χ3n) is 11.1. The largest absolute Gasteiger partial charge is 0.456 e. The molecule has 0 radical (unpaired) electrons. The zero-order valence-electron chi connectivity index (χ0n) is 27.8. The van der Waals surface area contributed by atoms with Crippen LogP contribution in [0.15, 0.2) is 192 Å². The average Bonchev–Trinajstić information content (AvgIpc) is 3.84. The maximum absolute atomic E-state index is 6.14. The van der Waals surface area contributed by atoms with Crippen LogP contribution in [0.1, 0.15) is 22.3 Å². The standard InChI is InChI=1S/C49H31NO/c1-3-13-34(14-4-1)49(35-15-5-2-6-16-35)43-20-10-7-17-37(43)40-31-36(25-26-44(40)49)50-45-21-11-8-18-38(45)41-29-32(23-27-46(41)50)33-24-28-48-42(30-33)39-19-9-12-22-47(39)51-48/h1-31H. The number of aromatic nitrogens is 1. The molecule has 2 heterocycles. The molecule has 0 unspecified atom stereocenters. The van der Waals surface area contributed by atoms with Gasteiger partial charge in [0.1, 0.15) is 11.2 Å². The Morgan fingerprint density at radius 2 is 0.961 bits per heavy atom. The van der Waals surface area contributed by atoms with Gasteiger partial charge in [-0.05, 0) is 93.0 Å². The van der Waals surface area contributed by atoms with E-state index in [1.54, 1.807) is 0 Å². The first-order valence-electron chi connectivity index (χ1n) is 17.6. The fourth-order valence-electron chi connectivity index (χ4n) is 8.91. The van der Waals surface area contributed by atoms with Gasteiger partial charge in [0.15, 0.2) is 0 Å². The highest BCUT2D eigenvalue weighted by Gasteiger charge is 2.46. The first-order valence-corrected chi connectivity index (χ1v) is 17.6. The molecule has 0 bridgehead atoms. The van der Waals surface area contributed by atoms with Gasteiger partial charge in [-0.25, -0.2) is 0 Å². The van der Waals surface area contributed by atoms with Crippen molar-refractivity contribution in [3.63, 3.8) is 0 Å². The molecule has 2 heteroatoms. The quantitative estimate of drug-likeness (QED) is 0.186. The molecule has 1 aliphatic carbocycles. The van der Waals surface area contributed by atoms with E-state index in [1.165, 1.54) is 66.3 Å². The van der Waals surface area contributed by atoms with E-state index in [0.717, 1.165) is 27.6 Å². The molecule has 10 aromatic rings. The Bertz CT molecular complexity index is 2930. The summed E-state index contributed by atoms with van der Waals surface area (Å²) in [4.78, 5) is 0. The van der Waals surface area contributed by atoms with Crippen LogP contribution in [0.2, 0.25) is 0 Å². The SMILES string of the molecule is c1ccc(C2(c3ccccc3)c3ccccc3-c3cc(-n4c5ccccc5c5cc(-c6ccc7oc8ccccc8c7c6)ccc54)ccc32)cc1. The Labute approximate surface area is 295 Å². The van der Waals surface area contributed by atoms with Gasteiger partial charge in [-0.2, -0.15) is 0 Å². The van der Waals surface area contributed by atoms with E-state index in [4.69, 9.17) is 4.42 Å². The topological polar surface area (TPSA) is 18.1 Å². The second-order valence-corrected chi connectivity index (χ2v) is 13.7. The number of para-hydroxylation sites is 2. The predicted molar refractivity (Wildman–Crippen MR) is 211 cm³/mol. The molecule has 0 saturated carbocycles. The van der Waals surface area contributed by atoms with Crippen molar-refractivity contribution in [1.82, 2.24) is 4.57 Å². The normalized spacial score (nSPS) is 13.3. The van der Waals surface area contributed by atoms with Crippen LogP contribution in [0.3, 0.4) is 0 Å². The Balaban J connectivity index is 1.13. The Morgan fingerprint density at radius 1 is 0.373 bits per heavy atom. The number of furan rings is 1. The summed E-state index contributed by atoms with van der Waals surface area (Å²) in [6.45, 7) is 0. The van der Waals surface area contributed by atoms with Gasteiger partial charge in [0.05, 0.1) is 16.4 Å². The van der Waals surface area contributed by atoms with Gasteiger partial charge in [-0.3, -0.25) is 0 Å². The molecule has 1 aliphatic rings. The minimum atomic E-state index is -0.413. The Hall–Kier alpha value is -6.64. The first-order chi connectivity index (χ1) is 25.3. The second kappa shape index (κ2) is 10.7. The van der Waals surface area contributed by atoms with Crippen LogP contribution in [0.5, 0.6) is 0 Å². The lowest BCUT2D eigenvalue weighted by molar-refractivity contribution is 0.669. The third-order valence-corrected chi connectivity index (χ3v) is 11.1. The molecule has 8 aromatic carbocycles. The van der Waals surface area contributed by atoms with E-state index in [1.807, 2.05) is 12.1 Å². The zero-order valence-corrected chi connectivity index (χ0v) is 27.8. The van der Waals surface area contributed by atoms with Gasteiger partial charge in [0.25, 0.3) is 0 Å². The maximum atomic E-state index is 6.14. The van der Waals surface area contributed by atoms with Gasteiger partial charge < -0.3 is 8.98 Å². The smallest absolute Gasteiger partial charge is 0.135 e. The molecule has 2 nitrogen and oxygen atoms in total. The van der Waals surface area contributed by atoms with Gasteiger partial charge in [-0.1, -0.05) is 140 Å². The van der Waals surface area contributed by atoms with Gasteiger partial charge in [0.2, 0.25) is 0 Å². The summed E-state index contributed by atoms with van der Waals surface area (Å²) in [6, 6.07) is 68.6. The summed E-state index contributed by atoms with van der Waals surface area (Å²) in [5.41, 5.74) is 15.1. The fraction of sp³-hybridized carbons (Fsp3) is 0.0204. The second-order valence-electron chi connectivity index (χ2n) is 13.7. The molecule has 51 heavy (non-hydrogen) atoms. The van der Waals surface area contributed by atoms with E-state index < -0.39 is 5.41 Å². The highest BCUT2D eigenvalue weighted by atomic mass is 16.3. The molecule has 0 aliphatic heterocycles. The van der Waals surface area contributed by atoms with Crippen molar-refractivity contribution in [2.45, 2.75) is 5.41 Å². The molecule has 0 N–H and O–H groups in total. The monoisotopic (exact) mass is 649 g/mol. The van der Waals surface area contributed by atoms with Crippen LogP contribution >= 0.6 is 0 Å². The van der Waals surface area contributed by atoms with E-state index in [2.05, 4.69) is 180 Å². The lowest BCUT2D eigenvalue weighted by atomic mass is 9.68. The van der Waals surface area contributed by atoms with Crippen LogP contribution in [0.4, 0.5) is 0 Å². The molecule has 0 spiro atoms. The molecule has 0 atom stereocenters. The summed E-state index contributed by atoms with van der Waals surface area (Å²) < 4.78 is 8.58. The Kier molecular flexibility index (Phi) is 5.91. The van der Waals surface area contributed by atoms with Crippen molar-refractivity contribution in [3.05, 3.63) is 210 Å². The van der Waals surface area contributed by atoms with Crippen LogP contribution in [-0.4, -0.2) is 4.57 Å². The van der Waals surface area contributed by atoms with Crippen molar-refractivity contribution in [2.24, 2.45) is 0 Å². The first kappa shape index (κ1) is 28.2. The molecule has 0 saturated heterocycles. The number of fused-ring (bicyclic) bond motifs is 9. The number of nitrogens with zero attached hydrogens (tertiary/aromatic N) is 1. The number of hydrogen-bond acceptors (Lipinski definition) is 1. The molecule has 11 rings (SSSR count). The fourth-order valence-corrected chi connectivity index (χ4v) is 8.91. The number of rotatable bonds is 4. The molecule has 238 valence electrons. The van der Waals surface area contributed by atoms with Crippen LogP contribution in [-0.2, 0) is 5.41 Å². The minimum Gasteiger partial charge on any atom is -0.456 e. The number of hydrogen-bond donors (Lipinski definition) is 0. The zero-order chi connectivity index (χ0) is 33.5. The molecule has 2 aromatic heterocycles. The Morgan fingerprint density at radius 3 is 1.76 bits per heavy atom. The van der Waals surface area contributed by atoms with Crippen LogP contribution < -0.4 is 0 Å². The minimum absolute atomic E-state index is 0.413. The molecular formula is C49H31NO. The molecule has 0 fully saturated rings. The lowest BCUT2D eigenvalue weighted by Crippen LogP contribution is -2.28. The molecular weight excluding hydrogens is 619 g/mol. The van der Waals surface area contributed by atoms with E-state index in [9.17, 15) is 0 Å². The predicted octanol–water partition coefficient (Wildman–Crippen LogP) is 12.7. The van der Waals surface area contributed by atoms with Crippen molar-refractivity contribution < 1.29 is 4.42 Å². The summed E-state index contributed by atoms with van der Waals surface area (Å²) in [7, 11) is 0.